The van der Waals surface area contributed by atoms with Crippen LogP contribution >= 0.6 is 0 Å². The van der Waals surface area contributed by atoms with Crippen LogP contribution in [-0.2, 0) is 4.79 Å². The third-order valence-corrected chi connectivity index (χ3v) is 4.75. The number of rotatable bonds is 4. The van der Waals surface area contributed by atoms with Crippen LogP contribution in [0.5, 0.6) is 5.75 Å². The fourth-order valence-corrected chi connectivity index (χ4v) is 3.71. The topological polar surface area (TPSA) is 49.8 Å². The van der Waals surface area contributed by atoms with E-state index in [0.717, 1.165) is 44.4 Å². The van der Waals surface area contributed by atoms with Crippen LogP contribution in [0.2, 0.25) is 0 Å². The van der Waals surface area contributed by atoms with Gasteiger partial charge in [-0.2, -0.15) is 0 Å². The highest BCUT2D eigenvalue weighted by molar-refractivity contribution is 5.78. The minimum absolute atomic E-state index is 0.0421. The SMILES string of the molecule is O=C(COc1ccccc1)N1CCCC1C1CCCC1O. The minimum Gasteiger partial charge on any atom is -0.484 e. The number of benzene rings is 1. The van der Waals surface area contributed by atoms with E-state index in [1.165, 1.54) is 0 Å². The Hall–Kier alpha value is -1.55. The first-order valence-electron chi connectivity index (χ1n) is 7.91. The smallest absolute Gasteiger partial charge is 0.260 e. The van der Waals surface area contributed by atoms with Crippen molar-refractivity contribution >= 4 is 5.91 Å². The van der Waals surface area contributed by atoms with Crippen molar-refractivity contribution in [1.29, 1.82) is 0 Å². The summed E-state index contributed by atoms with van der Waals surface area (Å²) in [6.45, 7) is 0.883. The standard InChI is InChI=1S/C17H23NO3/c19-16-10-4-8-14(16)15-9-5-11-18(15)17(20)12-21-13-6-2-1-3-7-13/h1-3,6-7,14-16,19H,4-5,8-12H2. The van der Waals surface area contributed by atoms with Crippen molar-refractivity contribution in [2.75, 3.05) is 13.2 Å². The predicted molar refractivity (Wildman–Crippen MR) is 80.0 cm³/mol. The molecule has 1 aromatic rings. The maximum atomic E-state index is 12.4. The molecule has 1 saturated carbocycles. The fraction of sp³-hybridized carbons (Fsp3) is 0.588. The molecule has 1 aromatic carbocycles. The van der Waals surface area contributed by atoms with Crippen molar-refractivity contribution in [3.63, 3.8) is 0 Å². The highest BCUT2D eigenvalue weighted by Crippen LogP contribution is 2.35. The van der Waals surface area contributed by atoms with Crippen molar-refractivity contribution in [3.8, 4) is 5.75 Å². The van der Waals surface area contributed by atoms with Gasteiger partial charge in [0.15, 0.2) is 6.61 Å². The van der Waals surface area contributed by atoms with Crippen molar-refractivity contribution in [1.82, 2.24) is 4.90 Å². The van der Waals surface area contributed by atoms with E-state index in [1.54, 1.807) is 0 Å². The number of para-hydroxylation sites is 1. The first kappa shape index (κ1) is 14.4. The van der Waals surface area contributed by atoms with Gasteiger partial charge in [-0.05, 0) is 37.8 Å². The number of nitrogens with zero attached hydrogens (tertiary/aromatic N) is 1. The first-order chi connectivity index (χ1) is 10.3. The third-order valence-electron chi connectivity index (χ3n) is 4.75. The second-order valence-corrected chi connectivity index (χ2v) is 6.06. The molecule has 3 rings (SSSR count). The van der Waals surface area contributed by atoms with E-state index in [-0.39, 0.29) is 30.6 Å². The van der Waals surface area contributed by atoms with Gasteiger partial charge < -0.3 is 14.7 Å². The molecule has 4 nitrogen and oxygen atoms in total. The predicted octanol–water partition coefficient (Wildman–Crippen LogP) is 2.22. The Balaban J connectivity index is 1.58. The molecule has 2 fully saturated rings. The summed E-state index contributed by atoms with van der Waals surface area (Å²) < 4.78 is 5.56. The molecule has 0 radical (unpaired) electrons. The molecule has 21 heavy (non-hydrogen) atoms. The molecule has 1 saturated heterocycles. The molecule has 2 aliphatic rings. The summed E-state index contributed by atoms with van der Waals surface area (Å²) in [5.41, 5.74) is 0. The van der Waals surface area contributed by atoms with E-state index < -0.39 is 0 Å². The number of hydrogen-bond donors (Lipinski definition) is 1. The summed E-state index contributed by atoms with van der Waals surface area (Å²) >= 11 is 0. The lowest BCUT2D eigenvalue weighted by Crippen LogP contribution is -2.44. The van der Waals surface area contributed by atoms with Crippen LogP contribution in [0.1, 0.15) is 32.1 Å². The van der Waals surface area contributed by atoms with Gasteiger partial charge >= 0.3 is 0 Å². The Bertz CT molecular complexity index is 476. The summed E-state index contributed by atoms with van der Waals surface area (Å²) in [7, 11) is 0. The van der Waals surface area contributed by atoms with Crippen LogP contribution in [0.25, 0.3) is 0 Å². The van der Waals surface area contributed by atoms with Gasteiger partial charge in [0.25, 0.3) is 5.91 Å². The lowest BCUT2D eigenvalue weighted by molar-refractivity contribution is -0.135. The molecule has 114 valence electrons. The van der Waals surface area contributed by atoms with Gasteiger partial charge in [-0.15, -0.1) is 0 Å². The van der Waals surface area contributed by atoms with Crippen molar-refractivity contribution in [2.24, 2.45) is 5.92 Å². The van der Waals surface area contributed by atoms with Crippen LogP contribution < -0.4 is 4.74 Å². The van der Waals surface area contributed by atoms with Gasteiger partial charge in [-0.3, -0.25) is 4.79 Å². The molecule has 1 aliphatic carbocycles. The van der Waals surface area contributed by atoms with E-state index in [0.29, 0.717) is 0 Å². The lowest BCUT2D eigenvalue weighted by atomic mass is 9.94. The second kappa shape index (κ2) is 6.48. The maximum absolute atomic E-state index is 12.4. The number of carbonyl (C=O) groups excluding carboxylic acids is 1. The maximum Gasteiger partial charge on any atom is 0.260 e. The van der Waals surface area contributed by atoms with Crippen LogP contribution in [0.3, 0.4) is 0 Å². The van der Waals surface area contributed by atoms with Crippen molar-refractivity contribution in [2.45, 2.75) is 44.2 Å². The molecule has 0 aromatic heterocycles. The summed E-state index contributed by atoms with van der Waals surface area (Å²) in [6, 6.07) is 9.63. The minimum atomic E-state index is -0.238. The zero-order chi connectivity index (χ0) is 14.7. The Labute approximate surface area is 125 Å². The Morgan fingerprint density at radius 1 is 1.19 bits per heavy atom. The normalized spacial score (nSPS) is 28.8. The van der Waals surface area contributed by atoms with Crippen molar-refractivity contribution < 1.29 is 14.6 Å². The molecule has 1 aliphatic heterocycles. The molecule has 1 heterocycles. The number of aliphatic hydroxyl groups is 1. The average Bonchev–Trinajstić information content (AvgIpc) is 3.14. The lowest BCUT2D eigenvalue weighted by Gasteiger charge is -2.31. The van der Waals surface area contributed by atoms with Gasteiger partial charge in [0.2, 0.25) is 0 Å². The first-order valence-corrected chi connectivity index (χ1v) is 7.91. The molecule has 3 unspecified atom stereocenters. The molecule has 1 amide bonds. The van der Waals surface area contributed by atoms with Gasteiger partial charge in [0.05, 0.1) is 6.10 Å². The highest BCUT2D eigenvalue weighted by Gasteiger charge is 2.40. The number of carbonyl (C=O) groups is 1. The van der Waals surface area contributed by atoms with Gasteiger partial charge in [0, 0.05) is 18.5 Å². The number of hydrogen-bond acceptors (Lipinski definition) is 3. The summed E-state index contributed by atoms with van der Waals surface area (Å²) in [4.78, 5) is 14.3. The van der Waals surface area contributed by atoms with Crippen LogP contribution in [0.4, 0.5) is 0 Å². The molecule has 4 heteroatoms. The molecule has 0 spiro atoms. The summed E-state index contributed by atoms with van der Waals surface area (Å²) in [5, 5.41) is 10.1. The zero-order valence-corrected chi connectivity index (χ0v) is 12.3. The average molecular weight is 289 g/mol. The Morgan fingerprint density at radius 2 is 2.00 bits per heavy atom. The molecular formula is C17H23NO3. The van der Waals surface area contributed by atoms with E-state index >= 15 is 0 Å². The summed E-state index contributed by atoms with van der Waals surface area (Å²) in [5.74, 6) is 1.02. The largest absolute Gasteiger partial charge is 0.484 e. The third kappa shape index (κ3) is 3.21. The van der Waals surface area contributed by atoms with Gasteiger partial charge in [-0.1, -0.05) is 24.6 Å². The molecular weight excluding hydrogens is 266 g/mol. The van der Waals surface area contributed by atoms with E-state index in [1.807, 2.05) is 35.2 Å². The number of amides is 1. The van der Waals surface area contributed by atoms with Crippen molar-refractivity contribution in [3.05, 3.63) is 30.3 Å². The summed E-state index contributed by atoms with van der Waals surface area (Å²) in [6.07, 6.45) is 4.80. The number of ether oxygens (including phenoxy) is 1. The van der Waals surface area contributed by atoms with Crippen LogP contribution in [-0.4, -0.2) is 41.2 Å². The number of aliphatic hydroxyl groups excluding tert-OH is 1. The van der Waals surface area contributed by atoms with E-state index in [2.05, 4.69) is 0 Å². The van der Waals surface area contributed by atoms with E-state index in [4.69, 9.17) is 4.74 Å². The van der Waals surface area contributed by atoms with Gasteiger partial charge in [0.1, 0.15) is 5.75 Å². The van der Waals surface area contributed by atoms with Crippen LogP contribution in [0, 0.1) is 5.92 Å². The Morgan fingerprint density at radius 3 is 2.71 bits per heavy atom. The highest BCUT2D eigenvalue weighted by atomic mass is 16.5. The fourth-order valence-electron chi connectivity index (χ4n) is 3.71. The molecule has 1 N–H and O–H groups in total. The number of likely N-dealkylation sites (tertiary alicyclic amines) is 1. The van der Waals surface area contributed by atoms with E-state index in [9.17, 15) is 9.90 Å². The van der Waals surface area contributed by atoms with Gasteiger partial charge in [-0.25, -0.2) is 0 Å². The molecule has 0 bridgehead atoms. The Kier molecular flexibility index (Phi) is 4.44. The molecule has 3 atom stereocenters. The quantitative estimate of drug-likeness (QED) is 0.924. The zero-order valence-electron chi connectivity index (χ0n) is 12.3. The van der Waals surface area contributed by atoms with Crippen LogP contribution in [0.15, 0.2) is 30.3 Å². The second-order valence-electron chi connectivity index (χ2n) is 6.06. The monoisotopic (exact) mass is 289 g/mol.